The Balaban J connectivity index is 1.95. The number of hydrogen-bond acceptors (Lipinski definition) is 6. The second-order valence-electron chi connectivity index (χ2n) is 5.65. The number of rotatable bonds is 2. The van der Waals surface area contributed by atoms with Crippen molar-refractivity contribution in [1.82, 2.24) is 34.4 Å². The predicted octanol–water partition coefficient (Wildman–Crippen LogP) is 2.64. The summed E-state index contributed by atoms with van der Waals surface area (Å²) in [5, 5.41) is 18.3. The van der Waals surface area contributed by atoms with Crippen LogP contribution in [0.1, 0.15) is 37.0 Å². The van der Waals surface area contributed by atoms with Crippen LogP contribution in [-0.4, -0.2) is 34.4 Å². The van der Waals surface area contributed by atoms with Gasteiger partial charge in [-0.2, -0.15) is 14.7 Å². The number of fused-ring (bicyclic) bond motifs is 2. The molecule has 0 unspecified atom stereocenters. The molecule has 4 aromatic heterocycles. The molecule has 0 amide bonds. The summed E-state index contributed by atoms with van der Waals surface area (Å²) in [5.41, 5.74) is 3.78. The SMILES string of the molecule is Cc1cc(C)n2ncc(-c3nn4c(C(C)C)nnc4s3)c2n1. The highest BCUT2D eigenvalue weighted by Crippen LogP contribution is 2.29. The molecule has 112 valence electrons. The Hall–Kier alpha value is -2.35. The minimum atomic E-state index is 0.275. The third kappa shape index (κ3) is 1.83. The lowest BCUT2D eigenvalue weighted by molar-refractivity contribution is 0.727. The van der Waals surface area contributed by atoms with Gasteiger partial charge in [0.1, 0.15) is 0 Å². The molecule has 0 saturated heterocycles. The van der Waals surface area contributed by atoms with Crippen molar-refractivity contribution in [2.75, 3.05) is 0 Å². The van der Waals surface area contributed by atoms with Crippen molar-refractivity contribution in [1.29, 1.82) is 0 Å². The zero-order valence-electron chi connectivity index (χ0n) is 12.8. The van der Waals surface area contributed by atoms with Gasteiger partial charge in [0.15, 0.2) is 16.5 Å². The number of aryl methyl sites for hydroxylation is 2. The van der Waals surface area contributed by atoms with Gasteiger partial charge >= 0.3 is 0 Å². The Morgan fingerprint density at radius 2 is 1.95 bits per heavy atom. The van der Waals surface area contributed by atoms with E-state index in [1.54, 1.807) is 0 Å². The Bertz CT molecular complexity index is 992. The topological polar surface area (TPSA) is 73.3 Å². The van der Waals surface area contributed by atoms with Crippen LogP contribution in [-0.2, 0) is 0 Å². The summed E-state index contributed by atoms with van der Waals surface area (Å²) in [5.74, 6) is 1.14. The predicted molar refractivity (Wildman–Crippen MR) is 84.2 cm³/mol. The van der Waals surface area contributed by atoms with Crippen molar-refractivity contribution in [3.63, 3.8) is 0 Å². The summed E-state index contributed by atoms with van der Waals surface area (Å²) >= 11 is 1.50. The second-order valence-corrected chi connectivity index (χ2v) is 6.60. The Labute approximate surface area is 130 Å². The molecular weight excluding hydrogens is 298 g/mol. The highest BCUT2D eigenvalue weighted by molar-refractivity contribution is 7.19. The lowest BCUT2D eigenvalue weighted by Crippen LogP contribution is -1.98. The number of hydrogen-bond donors (Lipinski definition) is 0. The van der Waals surface area contributed by atoms with Crippen LogP contribution in [0, 0.1) is 13.8 Å². The second kappa shape index (κ2) is 4.57. The van der Waals surface area contributed by atoms with Crippen molar-refractivity contribution in [3.05, 3.63) is 29.5 Å². The molecule has 8 heteroatoms. The first-order valence-electron chi connectivity index (χ1n) is 7.09. The Kier molecular flexibility index (Phi) is 2.77. The minimum Gasteiger partial charge on any atom is -0.233 e. The van der Waals surface area contributed by atoms with E-state index >= 15 is 0 Å². The molecule has 0 atom stereocenters. The summed E-state index contributed by atoms with van der Waals surface area (Å²) in [6, 6.07) is 2.01. The van der Waals surface area contributed by atoms with Crippen molar-refractivity contribution in [3.8, 4) is 10.6 Å². The van der Waals surface area contributed by atoms with Gasteiger partial charge < -0.3 is 0 Å². The Morgan fingerprint density at radius 1 is 1.14 bits per heavy atom. The molecule has 0 aromatic carbocycles. The van der Waals surface area contributed by atoms with Crippen molar-refractivity contribution in [2.45, 2.75) is 33.6 Å². The zero-order chi connectivity index (χ0) is 15.4. The van der Waals surface area contributed by atoms with Gasteiger partial charge in [-0.1, -0.05) is 25.2 Å². The molecule has 22 heavy (non-hydrogen) atoms. The van der Waals surface area contributed by atoms with E-state index in [0.717, 1.165) is 38.4 Å². The average Bonchev–Trinajstić information content (AvgIpc) is 3.08. The van der Waals surface area contributed by atoms with Gasteiger partial charge in [0, 0.05) is 17.3 Å². The monoisotopic (exact) mass is 313 g/mol. The fourth-order valence-electron chi connectivity index (χ4n) is 2.52. The molecule has 0 radical (unpaired) electrons. The lowest BCUT2D eigenvalue weighted by atomic mass is 10.2. The van der Waals surface area contributed by atoms with Gasteiger partial charge in [-0.3, -0.25) is 0 Å². The maximum atomic E-state index is 4.66. The van der Waals surface area contributed by atoms with Crippen molar-refractivity contribution >= 4 is 21.9 Å². The molecule has 0 aliphatic carbocycles. The first-order chi connectivity index (χ1) is 10.5. The van der Waals surface area contributed by atoms with E-state index in [1.807, 2.05) is 35.1 Å². The minimum absolute atomic E-state index is 0.275. The highest BCUT2D eigenvalue weighted by atomic mass is 32.1. The molecule has 4 aromatic rings. The molecule has 0 aliphatic heterocycles. The van der Waals surface area contributed by atoms with Crippen LogP contribution in [0.25, 0.3) is 21.2 Å². The smallest absolute Gasteiger partial charge is 0.233 e. The highest BCUT2D eigenvalue weighted by Gasteiger charge is 2.18. The van der Waals surface area contributed by atoms with Gasteiger partial charge in [-0.25, -0.2) is 9.50 Å². The molecule has 4 rings (SSSR count). The molecule has 4 heterocycles. The van der Waals surface area contributed by atoms with Gasteiger partial charge in [0.25, 0.3) is 0 Å². The summed E-state index contributed by atoms with van der Waals surface area (Å²) in [6.07, 6.45) is 1.82. The summed E-state index contributed by atoms with van der Waals surface area (Å²) in [7, 11) is 0. The van der Waals surface area contributed by atoms with E-state index in [2.05, 4.69) is 39.2 Å². The first kappa shape index (κ1) is 13.3. The van der Waals surface area contributed by atoms with E-state index in [0.29, 0.717) is 0 Å². The molecule has 0 saturated carbocycles. The third-order valence-corrected chi connectivity index (χ3v) is 4.47. The fraction of sp³-hybridized carbons (Fsp3) is 0.357. The quantitative estimate of drug-likeness (QED) is 0.569. The molecule has 0 aliphatic rings. The van der Waals surface area contributed by atoms with Crippen LogP contribution < -0.4 is 0 Å². The Morgan fingerprint density at radius 3 is 2.73 bits per heavy atom. The molecule has 7 nitrogen and oxygen atoms in total. The number of nitrogens with zero attached hydrogens (tertiary/aromatic N) is 7. The van der Waals surface area contributed by atoms with Crippen LogP contribution in [0.2, 0.25) is 0 Å². The van der Waals surface area contributed by atoms with E-state index < -0.39 is 0 Å². The van der Waals surface area contributed by atoms with Crippen LogP contribution >= 0.6 is 11.3 Å². The van der Waals surface area contributed by atoms with Crippen molar-refractivity contribution < 1.29 is 0 Å². The molecule has 0 bridgehead atoms. The lowest BCUT2D eigenvalue weighted by Gasteiger charge is -2.01. The van der Waals surface area contributed by atoms with Crippen LogP contribution in [0.4, 0.5) is 0 Å². The first-order valence-corrected chi connectivity index (χ1v) is 7.90. The van der Waals surface area contributed by atoms with E-state index in [1.165, 1.54) is 11.3 Å². The van der Waals surface area contributed by atoms with Crippen LogP contribution in [0.5, 0.6) is 0 Å². The van der Waals surface area contributed by atoms with Crippen LogP contribution in [0.3, 0.4) is 0 Å². The average molecular weight is 313 g/mol. The zero-order valence-corrected chi connectivity index (χ0v) is 13.6. The normalized spacial score (nSPS) is 12.0. The van der Waals surface area contributed by atoms with Crippen LogP contribution in [0.15, 0.2) is 12.3 Å². The maximum Gasteiger partial charge on any atom is 0.234 e. The van der Waals surface area contributed by atoms with E-state index in [4.69, 9.17) is 0 Å². The maximum absolute atomic E-state index is 4.66. The standard InChI is InChI=1S/C14H15N7S/c1-7(2)11-17-18-14-21(11)19-13(22-14)10-6-15-20-9(4)5-8(3)16-12(10)20/h5-7H,1-4H3. The summed E-state index contributed by atoms with van der Waals surface area (Å²) in [4.78, 5) is 5.40. The van der Waals surface area contributed by atoms with E-state index in [-0.39, 0.29) is 5.92 Å². The fourth-order valence-corrected chi connectivity index (χ4v) is 3.37. The molecule has 0 fully saturated rings. The number of aromatic nitrogens is 7. The van der Waals surface area contributed by atoms with Crippen molar-refractivity contribution in [2.24, 2.45) is 0 Å². The molecule has 0 spiro atoms. The van der Waals surface area contributed by atoms with E-state index in [9.17, 15) is 0 Å². The molecule has 0 N–H and O–H groups in total. The summed E-state index contributed by atoms with van der Waals surface area (Å²) < 4.78 is 3.66. The third-order valence-electron chi connectivity index (χ3n) is 3.54. The largest absolute Gasteiger partial charge is 0.234 e. The van der Waals surface area contributed by atoms with Gasteiger partial charge in [-0.05, 0) is 19.9 Å². The molecular formula is C14H15N7S. The summed E-state index contributed by atoms with van der Waals surface area (Å²) in [6.45, 7) is 8.17. The van der Waals surface area contributed by atoms with Gasteiger partial charge in [-0.15, -0.1) is 10.2 Å². The van der Waals surface area contributed by atoms with Gasteiger partial charge in [0.2, 0.25) is 4.96 Å². The van der Waals surface area contributed by atoms with Gasteiger partial charge in [0.05, 0.1) is 11.8 Å².